The molecule has 2 aliphatic heterocycles. The molecule has 1 aromatic carbocycles. The lowest BCUT2D eigenvalue weighted by atomic mass is 9.96. The molecule has 5 rings (SSSR count). The van der Waals surface area contributed by atoms with Gasteiger partial charge in [0.2, 0.25) is 0 Å². The fraction of sp³-hybridized carbons (Fsp3) is 0.360. The van der Waals surface area contributed by atoms with Gasteiger partial charge in [0.1, 0.15) is 5.82 Å². The van der Waals surface area contributed by atoms with E-state index in [9.17, 15) is 4.39 Å². The Labute approximate surface area is 193 Å². The van der Waals surface area contributed by atoms with E-state index in [0.717, 1.165) is 59.4 Å². The molecule has 0 bridgehead atoms. The van der Waals surface area contributed by atoms with Crippen LogP contribution < -0.4 is 5.32 Å². The molecule has 166 valence electrons. The molecule has 7 heteroatoms. The van der Waals surface area contributed by atoms with Crippen LogP contribution in [-0.2, 0) is 4.74 Å². The zero-order chi connectivity index (χ0) is 22.2. The van der Waals surface area contributed by atoms with Crippen molar-refractivity contribution in [2.75, 3.05) is 13.2 Å². The maximum atomic E-state index is 14.0. The molecule has 0 aliphatic carbocycles. The number of thiocarbonyl (C=S) groups is 1. The van der Waals surface area contributed by atoms with E-state index in [1.165, 1.54) is 6.07 Å². The first kappa shape index (κ1) is 21.1. The van der Waals surface area contributed by atoms with E-state index >= 15 is 0 Å². The van der Waals surface area contributed by atoms with Crippen molar-refractivity contribution in [3.05, 3.63) is 83.2 Å². The normalized spacial score (nSPS) is 23.0. The Bertz CT molecular complexity index is 1130. The molecule has 32 heavy (non-hydrogen) atoms. The molecular formula is C25H27FN4OS. The minimum atomic E-state index is -0.244. The summed E-state index contributed by atoms with van der Waals surface area (Å²) in [4.78, 5) is 6.88. The first-order valence-corrected chi connectivity index (χ1v) is 11.5. The van der Waals surface area contributed by atoms with E-state index in [2.05, 4.69) is 39.7 Å². The fourth-order valence-electron chi connectivity index (χ4n) is 5.05. The zero-order valence-electron chi connectivity index (χ0n) is 18.3. The van der Waals surface area contributed by atoms with Crippen LogP contribution in [0, 0.1) is 19.7 Å². The average Bonchev–Trinajstić information content (AvgIpc) is 3.48. The maximum absolute atomic E-state index is 14.0. The Morgan fingerprint density at radius 1 is 1.19 bits per heavy atom. The molecule has 0 unspecified atom stereocenters. The highest BCUT2D eigenvalue weighted by atomic mass is 32.1. The number of pyridine rings is 1. The lowest BCUT2D eigenvalue weighted by molar-refractivity contribution is 0.0842. The number of rotatable bonds is 5. The lowest BCUT2D eigenvalue weighted by Crippen LogP contribution is -2.36. The van der Waals surface area contributed by atoms with Crippen molar-refractivity contribution < 1.29 is 9.13 Å². The van der Waals surface area contributed by atoms with Gasteiger partial charge in [-0.25, -0.2) is 4.39 Å². The molecule has 3 atom stereocenters. The lowest BCUT2D eigenvalue weighted by Gasteiger charge is -2.30. The minimum Gasteiger partial charge on any atom is -0.376 e. The number of benzene rings is 1. The maximum Gasteiger partial charge on any atom is 0.170 e. The first-order valence-electron chi connectivity index (χ1n) is 11.1. The number of ether oxygens (including phenoxy) is 1. The van der Waals surface area contributed by atoms with Crippen LogP contribution in [-0.4, -0.2) is 38.8 Å². The summed E-state index contributed by atoms with van der Waals surface area (Å²) >= 11 is 5.80. The van der Waals surface area contributed by atoms with E-state index < -0.39 is 0 Å². The number of hydrogen-bond acceptors (Lipinski definition) is 3. The second-order valence-electron chi connectivity index (χ2n) is 8.56. The molecule has 2 fully saturated rings. The third-order valence-electron chi connectivity index (χ3n) is 6.48. The number of hydrogen-bond donors (Lipinski definition) is 1. The molecule has 0 spiro atoms. The SMILES string of the molecule is Cc1cc([C@@H]2[C@@H](c3ccccn3)NC(=S)N2C[C@H]2CCCO2)c(C)n1-c1cccc(F)c1. The minimum absolute atomic E-state index is 0.0323. The standard InChI is InChI=1S/C25H27FN4OS/c1-16-13-21(17(2)30(16)19-8-5-7-18(26)14-19)24-23(22-10-3-4-11-27-22)28-25(32)29(24)15-20-9-6-12-31-20/h3-5,7-8,10-11,13-14,20,23-24H,6,9,12,15H2,1-2H3,(H,28,32)/t20-,23-,24-/m1/s1. The van der Waals surface area contributed by atoms with Crippen molar-refractivity contribution in [3.8, 4) is 5.69 Å². The summed E-state index contributed by atoms with van der Waals surface area (Å²) in [6.45, 7) is 5.70. The molecule has 2 aliphatic rings. The summed E-state index contributed by atoms with van der Waals surface area (Å²) in [6.07, 6.45) is 4.12. The quantitative estimate of drug-likeness (QED) is 0.567. The molecule has 5 nitrogen and oxygen atoms in total. The van der Waals surface area contributed by atoms with Gasteiger partial charge in [-0.2, -0.15) is 0 Å². The van der Waals surface area contributed by atoms with Gasteiger partial charge >= 0.3 is 0 Å². The van der Waals surface area contributed by atoms with Crippen molar-refractivity contribution in [2.45, 2.75) is 44.9 Å². The van der Waals surface area contributed by atoms with Gasteiger partial charge in [-0.3, -0.25) is 4.98 Å². The van der Waals surface area contributed by atoms with Gasteiger partial charge in [-0.15, -0.1) is 0 Å². The van der Waals surface area contributed by atoms with Crippen LogP contribution in [0.5, 0.6) is 0 Å². The molecule has 0 amide bonds. The van der Waals surface area contributed by atoms with E-state index in [1.54, 1.807) is 12.1 Å². The third kappa shape index (κ3) is 3.80. The first-order chi connectivity index (χ1) is 15.5. The topological polar surface area (TPSA) is 42.3 Å². The third-order valence-corrected chi connectivity index (χ3v) is 6.83. The second kappa shape index (κ2) is 8.64. The van der Waals surface area contributed by atoms with Gasteiger partial charge in [0.15, 0.2) is 5.11 Å². The average molecular weight is 451 g/mol. The van der Waals surface area contributed by atoms with Crippen LogP contribution in [0.1, 0.15) is 47.6 Å². The zero-order valence-corrected chi connectivity index (χ0v) is 19.1. The predicted molar refractivity (Wildman–Crippen MR) is 126 cm³/mol. The van der Waals surface area contributed by atoms with Crippen LogP contribution in [0.2, 0.25) is 0 Å². The molecule has 0 saturated carbocycles. The summed E-state index contributed by atoms with van der Waals surface area (Å²) in [6, 6.07) is 14.8. The molecule has 2 aromatic heterocycles. The predicted octanol–water partition coefficient (Wildman–Crippen LogP) is 4.78. The van der Waals surface area contributed by atoms with Crippen molar-refractivity contribution in [2.24, 2.45) is 0 Å². The highest BCUT2D eigenvalue weighted by Gasteiger charge is 2.42. The second-order valence-corrected chi connectivity index (χ2v) is 8.94. The highest BCUT2D eigenvalue weighted by molar-refractivity contribution is 7.80. The highest BCUT2D eigenvalue weighted by Crippen LogP contribution is 2.42. The van der Waals surface area contributed by atoms with Gasteiger partial charge in [0.05, 0.1) is 23.9 Å². The Balaban J connectivity index is 1.59. The number of nitrogens with zero attached hydrogens (tertiary/aromatic N) is 3. The van der Waals surface area contributed by atoms with Crippen LogP contribution >= 0.6 is 12.2 Å². The van der Waals surface area contributed by atoms with Crippen LogP contribution in [0.3, 0.4) is 0 Å². The number of aryl methyl sites for hydroxylation is 1. The van der Waals surface area contributed by atoms with Gasteiger partial charge < -0.3 is 19.5 Å². The number of aromatic nitrogens is 2. The van der Waals surface area contributed by atoms with E-state index in [0.29, 0.717) is 0 Å². The van der Waals surface area contributed by atoms with Crippen LogP contribution in [0.25, 0.3) is 5.69 Å². The Kier molecular flexibility index (Phi) is 5.69. The Morgan fingerprint density at radius 3 is 2.78 bits per heavy atom. The van der Waals surface area contributed by atoms with Gasteiger partial charge in [0.25, 0.3) is 0 Å². The molecule has 4 heterocycles. The molecule has 1 N–H and O–H groups in total. The van der Waals surface area contributed by atoms with E-state index in [4.69, 9.17) is 17.0 Å². The summed E-state index contributed by atoms with van der Waals surface area (Å²) in [5, 5.41) is 4.24. The summed E-state index contributed by atoms with van der Waals surface area (Å²) in [5.41, 5.74) is 5.05. The van der Waals surface area contributed by atoms with Crippen LogP contribution in [0.4, 0.5) is 4.39 Å². The van der Waals surface area contributed by atoms with Gasteiger partial charge in [0, 0.05) is 36.4 Å². The number of halogens is 1. The molecule has 0 radical (unpaired) electrons. The van der Waals surface area contributed by atoms with Crippen molar-refractivity contribution in [1.82, 2.24) is 19.8 Å². The van der Waals surface area contributed by atoms with Crippen molar-refractivity contribution >= 4 is 17.3 Å². The summed E-state index contributed by atoms with van der Waals surface area (Å²) in [5.74, 6) is -0.244. The van der Waals surface area contributed by atoms with E-state index in [1.807, 2.05) is 30.5 Å². The Hall–Kier alpha value is -2.77. The summed E-state index contributed by atoms with van der Waals surface area (Å²) in [7, 11) is 0. The van der Waals surface area contributed by atoms with Crippen molar-refractivity contribution in [1.29, 1.82) is 0 Å². The Morgan fingerprint density at radius 2 is 2.06 bits per heavy atom. The number of nitrogens with one attached hydrogen (secondary N) is 1. The van der Waals surface area contributed by atoms with Crippen LogP contribution in [0.15, 0.2) is 54.7 Å². The van der Waals surface area contributed by atoms with Gasteiger partial charge in [-0.05, 0) is 80.9 Å². The summed E-state index contributed by atoms with van der Waals surface area (Å²) < 4.78 is 22.0. The monoisotopic (exact) mass is 450 g/mol. The molecule has 3 aromatic rings. The smallest absolute Gasteiger partial charge is 0.170 e. The fourth-order valence-corrected chi connectivity index (χ4v) is 5.36. The largest absolute Gasteiger partial charge is 0.376 e. The van der Waals surface area contributed by atoms with Crippen molar-refractivity contribution in [3.63, 3.8) is 0 Å². The van der Waals surface area contributed by atoms with Gasteiger partial charge in [-0.1, -0.05) is 12.1 Å². The molecular weight excluding hydrogens is 423 g/mol. The molecule has 2 saturated heterocycles. The van der Waals surface area contributed by atoms with E-state index in [-0.39, 0.29) is 24.0 Å².